The second-order valence-corrected chi connectivity index (χ2v) is 2.68. The maximum absolute atomic E-state index is 4.14. The van der Waals surface area contributed by atoms with Crippen molar-refractivity contribution in [2.24, 2.45) is 0 Å². The van der Waals surface area contributed by atoms with Gasteiger partial charge in [0.25, 0.3) is 0 Å². The summed E-state index contributed by atoms with van der Waals surface area (Å²) in [5.41, 5.74) is 1.84. The lowest BCUT2D eigenvalue weighted by Crippen LogP contribution is -2.19. The minimum Gasteiger partial charge on any atom is -0.245 e. The van der Waals surface area contributed by atoms with Crippen molar-refractivity contribution in [3.8, 4) is 0 Å². The molecule has 0 aromatic carbocycles. The molecule has 1 rings (SSSR count). The van der Waals surface area contributed by atoms with E-state index in [4.69, 9.17) is 0 Å². The van der Waals surface area contributed by atoms with Gasteiger partial charge in [-0.1, -0.05) is 32.6 Å². The molecule has 0 radical (unpaired) electrons. The molecule has 0 atom stereocenters. The minimum atomic E-state index is 1.05. The molecule has 12 heavy (non-hydrogen) atoms. The van der Waals surface area contributed by atoms with Crippen LogP contribution >= 0.6 is 11.3 Å². The second kappa shape index (κ2) is 6.80. The molecular formula is C10H15NS. The standard InChI is InChI=1S/C8H9NS.C2H6/c1-3-5-8-7(4-2)9-6-10-8;1-2/h3-6H,1H2,2H3;1-2H3/b7-4+,8-5+;. The van der Waals surface area contributed by atoms with Gasteiger partial charge in [-0.05, 0) is 13.0 Å². The number of nitrogens with zero attached hydrogens (tertiary/aromatic N) is 1. The normalized spacial score (nSPS) is 12.2. The Bertz CT molecular complexity index is 322. The van der Waals surface area contributed by atoms with E-state index >= 15 is 0 Å². The first kappa shape index (κ1) is 11.1. The van der Waals surface area contributed by atoms with E-state index in [1.165, 1.54) is 4.53 Å². The summed E-state index contributed by atoms with van der Waals surface area (Å²) >= 11 is 1.63. The van der Waals surface area contributed by atoms with Crippen molar-refractivity contribution in [3.63, 3.8) is 0 Å². The van der Waals surface area contributed by atoms with Gasteiger partial charge in [0.1, 0.15) is 0 Å². The third kappa shape index (κ3) is 3.01. The van der Waals surface area contributed by atoms with E-state index in [1.54, 1.807) is 17.4 Å². The number of thiazole rings is 1. The predicted molar refractivity (Wildman–Crippen MR) is 57.5 cm³/mol. The van der Waals surface area contributed by atoms with Crippen molar-refractivity contribution in [1.29, 1.82) is 0 Å². The smallest absolute Gasteiger partial charge is 0.0805 e. The topological polar surface area (TPSA) is 12.9 Å². The zero-order chi connectivity index (χ0) is 9.40. The molecule has 0 unspecified atom stereocenters. The molecule has 1 aromatic rings. The molecule has 66 valence electrons. The molecule has 1 heterocycles. The number of rotatable bonds is 1. The third-order valence-electron chi connectivity index (χ3n) is 1.17. The molecule has 0 spiro atoms. The van der Waals surface area contributed by atoms with Crippen molar-refractivity contribution in [1.82, 2.24) is 4.98 Å². The molecular weight excluding hydrogens is 166 g/mol. The largest absolute Gasteiger partial charge is 0.245 e. The van der Waals surface area contributed by atoms with E-state index < -0.39 is 0 Å². The lowest BCUT2D eigenvalue weighted by Gasteiger charge is -1.70. The highest BCUT2D eigenvalue weighted by Crippen LogP contribution is 1.76. The Balaban J connectivity index is 0.000000561. The molecule has 0 aliphatic carbocycles. The van der Waals surface area contributed by atoms with Crippen LogP contribution in [0.1, 0.15) is 20.8 Å². The Kier molecular flexibility index (Phi) is 6.29. The lowest BCUT2D eigenvalue weighted by atomic mass is 10.5. The zero-order valence-electron chi connectivity index (χ0n) is 7.87. The highest BCUT2D eigenvalue weighted by Gasteiger charge is 1.82. The summed E-state index contributed by atoms with van der Waals surface area (Å²) in [6, 6.07) is 0. The highest BCUT2D eigenvalue weighted by atomic mass is 32.1. The zero-order valence-corrected chi connectivity index (χ0v) is 8.69. The van der Waals surface area contributed by atoms with Crippen LogP contribution in [0.25, 0.3) is 12.2 Å². The van der Waals surface area contributed by atoms with Gasteiger partial charge in [0.15, 0.2) is 0 Å². The molecule has 0 aliphatic rings. The Morgan fingerprint density at radius 2 is 2.17 bits per heavy atom. The fourth-order valence-corrected chi connectivity index (χ4v) is 1.46. The molecule has 0 aliphatic heterocycles. The molecule has 0 saturated heterocycles. The van der Waals surface area contributed by atoms with Crippen molar-refractivity contribution in [2.45, 2.75) is 20.8 Å². The fraction of sp³-hybridized carbons (Fsp3) is 0.300. The molecule has 0 N–H and O–H groups in total. The molecule has 0 fully saturated rings. The second-order valence-electron chi connectivity index (χ2n) is 1.79. The maximum Gasteiger partial charge on any atom is 0.0805 e. The van der Waals surface area contributed by atoms with Crippen LogP contribution < -0.4 is 9.88 Å². The Labute approximate surface area is 77.8 Å². The first-order valence-corrected chi connectivity index (χ1v) is 4.95. The minimum absolute atomic E-state index is 1.05. The van der Waals surface area contributed by atoms with Crippen LogP contribution in [0.3, 0.4) is 0 Å². The number of allylic oxidation sites excluding steroid dienone is 1. The van der Waals surface area contributed by atoms with Gasteiger partial charge in [-0.25, -0.2) is 4.98 Å². The quantitative estimate of drug-likeness (QED) is 0.645. The lowest BCUT2D eigenvalue weighted by molar-refractivity contribution is 1.31. The van der Waals surface area contributed by atoms with E-state index in [0.717, 1.165) is 5.35 Å². The first-order valence-electron chi connectivity index (χ1n) is 4.07. The molecule has 2 heteroatoms. The Hall–Kier alpha value is -0.890. The van der Waals surface area contributed by atoms with Crippen LogP contribution in [-0.4, -0.2) is 4.98 Å². The fourth-order valence-electron chi connectivity index (χ4n) is 0.712. The average Bonchev–Trinajstić information content (AvgIpc) is 2.56. The molecule has 1 aromatic heterocycles. The van der Waals surface area contributed by atoms with E-state index in [0.29, 0.717) is 0 Å². The molecule has 0 amide bonds. The van der Waals surface area contributed by atoms with Crippen molar-refractivity contribution < 1.29 is 0 Å². The summed E-state index contributed by atoms with van der Waals surface area (Å²) in [4.78, 5) is 4.14. The molecule has 0 bridgehead atoms. The summed E-state index contributed by atoms with van der Waals surface area (Å²) < 4.78 is 1.18. The highest BCUT2D eigenvalue weighted by molar-refractivity contribution is 7.07. The average molecular weight is 181 g/mol. The summed E-state index contributed by atoms with van der Waals surface area (Å²) in [5.74, 6) is 0. The van der Waals surface area contributed by atoms with Crippen LogP contribution in [-0.2, 0) is 0 Å². The molecule has 1 nitrogen and oxygen atoms in total. The monoisotopic (exact) mass is 181 g/mol. The number of hydrogen-bond acceptors (Lipinski definition) is 2. The van der Waals surface area contributed by atoms with Crippen molar-refractivity contribution >= 4 is 23.5 Å². The van der Waals surface area contributed by atoms with Gasteiger partial charge in [-0.15, -0.1) is 11.3 Å². The van der Waals surface area contributed by atoms with Crippen LogP contribution in [0.4, 0.5) is 0 Å². The van der Waals surface area contributed by atoms with Gasteiger partial charge in [-0.2, -0.15) is 0 Å². The van der Waals surface area contributed by atoms with Gasteiger partial charge in [0.2, 0.25) is 0 Å². The Morgan fingerprint density at radius 3 is 2.67 bits per heavy atom. The summed E-state index contributed by atoms with van der Waals surface area (Å²) in [6.07, 6.45) is 5.74. The van der Waals surface area contributed by atoms with Gasteiger partial charge in [0, 0.05) is 0 Å². The van der Waals surface area contributed by atoms with Gasteiger partial charge >= 0.3 is 0 Å². The van der Waals surface area contributed by atoms with Crippen LogP contribution in [0.15, 0.2) is 18.2 Å². The summed E-state index contributed by atoms with van der Waals surface area (Å²) in [6.45, 7) is 9.60. The number of aromatic nitrogens is 1. The summed E-state index contributed by atoms with van der Waals surface area (Å²) in [5, 5.41) is 1.05. The van der Waals surface area contributed by atoms with Crippen LogP contribution in [0.5, 0.6) is 0 Å². The van der Waals surface area contributed by atoms with Crippen LogP contribution in [0, 0.1) is 0 Å². The van der Waals surface area contributed by atoms with Gasteiger partial charge in [-0.3, -0.25) is 0 Å². The van der Waals surface area contributed by atoms with E-state index in [-0.39, 0.29) is 0 Å². The Morgan fingerprint density at radius 1 is 1.50 bits per heavy atom. The predicted octanol–water partition coefficient (Wildman–Crippen LogP) is 1.94. The summed E-state index contributed by atoms with van der Waals surface area (Å²) in [7, 11) is 0. The third-order valence-corrected chi connectivity index (χ3v) is 1.98. The SMILES string of the molecule is C=C/C=c1/scn/c1=C/C.CC. The first-order chi connectivity index (χ1) is 5.88. The van der Waals surface area contributed by atoms with E-state index in [9.17, 15) is 0 Å². The van der Waals surface area contributed by atoms with Crippen LogP contribution in [0.2, 0.25) is 0 Å². The van der Waals surface area contributed by atoms with Crippen molar-refractivity contribution in [3.05, 3.63) is 28.0 Å². The number of hydrogen-bond donors (Lipinski definition) is 0. The molecule has 0 saturated carbocycles. The van der Waals surface area contributed by atoms with Crippen molar-refractivity contribution in [2.75, 3.05) is 0 Å². The van der Waals surface area contributed by atoms with Gasteiger partial charge in [0.05, 0.1) is 15.4 Å². The van der Waals surface area contributed by atoms with E-state index in [1.807, 2.05) is 38.4 Å². The van der Waals surface area contributed by atoms with E-state index in [2.05, 4.69) is 11.6 Å². The van der Waals surface area contributed by atoms with Gasteiger partial charge < -0.3 is 0 Å². The maximum atomic E-state index is 4.14.